The molecule has 1 amide bonds. The van der Waals surface area contributed by atoms with Gasteiger partial charge in [-0.2, -0.15) is 0 Å². The van der Waals surface area contributed by atoms with Gasteiger partial charge in [0.1, 0.15) is 5.82 Å². The van der Waals surface area contributed by atoms with Crippen molar-refractivity contribution in [2.45, 2.75) is 13.3 Å². The highest BCUT2D eigenvalue weighted by Crippen LogP contribution is 2.39. The zero-order chi connectivity index (χ0) is 12.0. The Morgan fingerprint density at radius 3 is 3.06 bits per heavy atom. The second-order valence-electron chi connectivity index (χ2n) is 4.44. The van der Waals surface area contributed by atoms with Crippen molar-refractivity contribution >= 4 is 32.6 Å². The highest BCUT2D eigenvalue weighted by Gasteiger charge is 2.39. The topological polar surface area (TPSA) is 42.0 Å². The van der Waals surface area contributed by atoms with E-state index in [4.69, 9.17) is 0 Å². The lowest BCUT2D eigenvalue weighted by molar-refractivity contribution is -0.117. The first kappa shape index (κ1) is 10.7. The molecular weight excluding hydrogens is 239 g/mol. The molecular formula is C12H11FN2OS. The van der Waals surface area contributed by atoms with Gasteiger partial charge in [-0.1, -0.05) is 18.3 Å². The summed E-state index contributed by atoms with van der Waals surface area (Å²) in [6.07, 6.45) is 0.950. The van der Waals surface area contributed by atoms with Crippen LogP contribution in [0.5, 0.6) is 0 Å². The zero-order valence-electron chi connectivity index (χ0n) is 9.24. The predicted octanol–water partition coefficient (Wildman–Crippen LogP) is 3.03. The van der Waals surface area contributed by atoms with Crippen molar-refractivity contribution in [1.29, 1.82) is 0 Å². The van der Waals surface area contributed by atoms with Crippen LogP contribution in [0.25, 0.3) is 10.2 Å². The smallest absolute Gasteiger partial charge is 0.229 e. The van der Waals surface area contributed by atoms with E-state index in [2.05, 4.69) is 17.2 Å². The number of amides is 1. The number of nitrogens with zero attached hydrogens (tertiary/aromatic N) is 1. The molecule has 1 aliphatic rings. The monoisotopic (exact) mass is 250 g/mol. The molecule has 1 aliphatic carbocycles. The summed E-state index contributed by atoms with van der Waals surface area (Å²) in [5.74, 6) is 0.340. The Labute approximate surface area is 102 Å². The van der Waals surface area contributed by atoms with Crippen LogP contribution in [0.2, 0.25) is 0 Å². The number of benzene rings is 1. The van der Waals surface area contributed by atoms with E-state index in [1.54, 1.807) is 6.07 Å². The number of halogens is 1. The van der Waals surface area contributed by atoms with Gasteiger partial charge in [-0.25, -0.2) is 9.37 Å². The molecule has 17 heavy (non-hydrogen) atoms. The molecule has 0 bridgehead atoms. The molecule has 88 valence electrons. The minimum Gasteiger partial charge on any atom is -0.302 e. The van der Waals surface area contributed by atoms with E-state index in [1.807, 2.05) is 0 Å². The molecule has 5 heteroatoms. The molecule has 0 spiro atoms. The van der Waals surface area contributed by atoms with Crippen molar-refractivity contribution in [2.75, 3.05) is 5.32 Å². The average Bonchev–Trinajstić information content (AvgIpc) is 2.87. The first-order valence-electron chi connectivity index (χ1n) is 5.50. The van der Waals surface area contributed by atoms with Crippen LogP contribution in [-0.4, -0.2) is 10.9 Å². The normalized spacial score (nSPS) is 22.7. The largest absolute Gasteiger partial charge is 0.302 e. The van der Waals surface area contributed by atoms with E-state index in [0.717, 1.165) is 16.6 Å². The Morgan fingerprint density at radius 1 is 1.59 bits per heavy atom. The zero-order valence-corrected chi connectivity index (χ0v) is 10.1. The molecule has 0 saturated heterocycles. The number of fused-ring (bicyclic) bond motifs is 1. The summed E-state index contributed by atoms with van der Waals surface area (Å²) in [5, 5.41) is 3.34. The van der Waals surface area contributed by atoms with Gasteiger partial charge in [0, 0.05) is 5.92 Å². The van der Waals surface area contributed by atoms with Crippen molar-refractivity contribution in [3.05, 3.63) is 24.0 Å². The van der Waals surface area contributed by atoms with Crippen molar-refractivity contribution in [3.8, 4) is 0 Å². The van der Waals surface area contributed by atoms with Crippen LogP contribution in [0.3, 0.4) is 0 Å². The number of carbonyl (C=O) groups excluding carboxylic acids is 1. The van der Waals surface area contributed by atoms with Gasteiger partial charge in [-0.05, 0) is 30.5 Å². The van der Waals surface area contributed by atoms with E-state index in [-0.39, 0.29) is 17.6 Å². The van der Waals surface area contributed by atoms with E-state index < -0.39 is 0 Å². The molecule has 3 nitrogen and oxygen atoms in total. The lowest BCUT2D eigenvalue weighted by atomic mass is 10.3. The number of hydrogen-bond acceptors (Lipinski definition) is 3. The minimum atomic E-state index is -0.283. The van der Waals surface area contributed by atoms with Crippen molar-refractivity contribution in [1.82, 2.24) is 4.98 Å². The number of nitrogens with one attached hydrogen (secondary N) is 1. The van der Waals surface area contributed by atoms with Crippen LogP contribution in [0.4, 0.5) is 9.52 Å². The van der Waals surface area contributed by atoms with Crippen LogP contribution >= 0.6 is 11.3 Å². The van der Waals surface area contributed by atoms with E-state index >= 15 is 0 Å². The number of aromatic nitrogens is 1. The third kappa shape index (κ3) is 2.02. The maximum absolute atomic E-state index is 13.0. The van der Waals surface area contributed by atoms with Gasteiger partial charge in [0.25, 0.3) is 0 Å². The lowest BCUT2D eigenvalue weighted by Gasteiger charge is -1.97. The molecule has 1 N–H and O–H groups in total. The van der Waals surface area contributed by atoms with Crippen LogP contribution in [0, 0.1) is 17.7 Å². The Morgan fingerprint density at radius 2 is 2.35 bits per heavy atom. The van der Waals surface area contributed by atoms with Gasteiger partial charge in [0.15, 0.2) is 5.13 Å². The average molecular weight is 250 g/mol. The highest BCUT2D eigenvalue weighted by atomic mass is 32.1. The summed E-state index contributed by atoms with van der Waals surface area (Å²) in [5.41, 5.74) is 0.718. The van der Waals surface area contributed by atoms with Crippen molar-refractivity contribution < 1.29 is 9.18 Å². The molecule has 1 saturated carbocycles. The summed E-state index contributed by atoms with van der Waals surface area (Å²) < 4.78 is 13.7. The summed E-state index contributed by atoms with van der Waals surface area (Å²) in [7, 11) is 0. The quantitative estimate of drug-likeness (QED) is 0.890. The lowest BCUT2D eigenvalue weighted by Crippen LogP contribution is -2.14. The third-order valence-electron chi connectivity index (χ3n) is 3.03. The van der Waals surface area contributed by atoms with Gasteiger partial charge in [0.2, 0.25) is 5.91 Å². The third-order valence-corrected chi connectivity index (χ3v) is 3.96. The summed E-state index contributed by atoms with van der Waals surface area (Å²) >= 11 is 1.30. The maximum Gasteiger partial charge on any atom is 0.229 e. The summed E-state index contributed by atoms with van der Waals surface area (Å²) in [6.45, 7) is 2.05. The van der Waals surface area contributed by atoms with E-state index in [0.29, 0.717) is 11.0 Å². The fourth-order valence-corrected chi connectivity index (χ4v) is 2.73. The molecule has 2 unspecified atom stereocenters. The van der Waals surface area contributed by atoms with Crippen LogP contribution in [0.1, 0.15) is 13.3 Å². The van der Waals surface area contributed by atoms with Gasteiger partial charge in [0.05, 0.1) is 10.2 Å². The Hall–Kier alpha value is -1.49. The molecule has 3 rings (SSSR count). The Kier molecular flexibility index (Phi) is 2.36. The fraction of sp³-hybridized carbons (Fsp3) is 0.333. The summed E-state index contributed by atoms with van der Waals surface area (Å²) in [4.78, 5) is 16.0. The van der Waals surface area contributed by atoms with E-state index in [1.165, 1.54) is 23.5 Å². The molecule has 1 aromatic carbocycles. The molecule has 1 aromatic heterocycles. The van der Waals surface area contributed by atoms with Crippen molar-refractivity contribution in [3.63, 3.8) is 0 Å². The second-order valence-corrected chi connectivity index (χ2v) is 5.47. The van der Waals surface area contributed by atoms with Crippen LogP contribution < -0.4 is 5.32 Å². The molecule has 1 fully saturated rings. The predicted molar refractivity (Wildman–Crippen MR) is 65.5 cm³/mol. The van der Waals surface area contributed by atoms with Crippen LogP contribution in [0.15, 0.2) is 18.2 Å². The number of rotatable bonds is 2. The minimum absolute atomic E-state index is 0.0250. The second kappa shape index (κ2) is 3.77. The highest BCUT2D eigenvalue weighted by molar-refractivity contribution is 7.22. The number of anilines is 1. The first-order chi connectivity index (χ1) is 8.13. The Bertz CT molecular complexity index is 595. The SMILES string of the molecule is CC1CC1C(=O)Nc1nc2ccc(F)cc2s1. The van der Waals surface area contributed by atoms with Gasteiger partial charge >= 0.3 is 0 Å². The first-order valence-corrected chi connectivity index (χ1v) is 6.32. The molecule has 2 atom stereocenters. The standard InChI is InChI=1S/C12H11FN2OS/c1-6-4-8(6)11(16)15-12-14-9-3-2-7(13)5-10(9)17-12/h2-3,5-6,8H,4H2,1H3,(H,14,15,16). The van der Waals surface area contributed by atoms with E-state index in [9.17, 15) is 9.18 Å². The van der Waals surface area contributed by atoms with Crippen LogP contribution in [-0.2, 0) is 4.79 Å². The van der Waals surface area contributed by atoms with Gasteiger partial charge < -0.3 is 5.32 Å². The molecule has 0 radical (unpaired) electrons. The number of carbonyl (C=O) groups is 1. The van der Waals surface area contributed by atoms with Gasteiger partial charge in [-0.15, -0.1) is 0 Å². The fourth-order valence-electron chi connectivity index (χ4n) is 1.84. The Balaban J connectivity index is 1.83. The maximum atomic E-state index is 13.0. The molecule has 1 heterocycles. The van der Waals surface area contributed by atoms with Gasteiger partial charge in [-0.3, -0.25) is 4.79 Å². The van der Waals surface area contributed by atoms with Crippen molar-refractivity contribution in [2.24, 2.45) is 11.8 Å². The number of hydrogen-bond donors (Lipinski definition) is 1. The molecule has 0 aliphatic heterocycles. The summed E-state index contributed by atoms with van der Waals surface area (Å²) in [6, 6.07) is 4.43. The molecule has 2 aromatic rings. The number of thiazole rings is 1.